The number of rotatable bonds is 2. The molecule has 2 N–H and O–H groups in total. The summed E-state index contributed by atoms with van der Waals surface area (Å²) in [4.78, 5) is 30.0. The van der Waals surface area contributed by atoms with Crippen molar-refractivity contribution >= 4 is 23.2 Å². The van der Waals surface area contributed by atoms with E-state index in [-0.39, 0.29) is 16.1 Å². The van der Waals surface area contributed by atoms with Gasteiger partial charge < -0.3 is 10.3 Å². The van der Waals surface area contributed by atoms with Crippen LogP contribution in [0.2, 0.25) is 5.15 Å². The van der Waals surface area contributed by atoms with Crippen molar-refractivity contribution < 1.29 is 4.79 Å². The number of pyridine rings is 2. The minimum atomic E-state index is -0.522. The lowest BCUT2D eigenvalue weighted by molar-refractivity contribution is 0.102. The van der Waals surface area contributed by atoms with E-state index in [1.807, 2.05) is 6.92 Å². The zero-order valence-corrected chi connectivity index (χ0v) is 10.3. The first-order valence-electron chi connectivity index (χ1n) is 5.18. The summed E-state index contributed by atoms with van der Waals surface area (Å²) in [7, 11) is 0. The normalized spacial score (nSPS) is 10.1. The Morgan fingerprint density at radius 3 is 3.00 bits per heavy atom. The fourth-order valence-electron chi connectivity index (χ4n) is 1.42. The van der Waals surface area contributed by atoms with Crippen molar-refractivity contribution in [1.82, 2.24) is 9.97 Å². The van der Waals surface area contributed by atoms with Crippen LogP contribution in [0.15, 0.2) is 35.5 Å². The van der Waals surface area contributed by atoms with Gasteiger partial charge in [-0.25, -0.2) is 4.98 Å². The first-order valence-corrected chi connectivity index (χ1v) is 5.56. The van der Waals surface area contributed by atoms with Gasteiger partial charge in [0, 0.05) is 24.7 Å². The highest BCUT2D eigenvalue weighted by Crippen LogP contribution is 2.20. The molecule has 2 aromatic heterocycles. The molecule has 0 saturated carbocycles. The molecule has 2 aromatic rings. The number of halogens is 1. The number of nitrogens with zero attached hydrogens (tertiary/aromatic N) is 1. The maximum absolute atomic E-state index is 11.9. The second-order valence-corrected chi connectivity index (χ2v) is 4.09. The van der Waals surface area contributed by atoms with Crippen LogP contribution in [0.4, 0.5) is 5.69 Å². The topological polar surface area (TPSA) is 74.8 Å². The Kier molecular flexibility index (Phi) is 3.43. The van der Waals surface area contributed by atoms with Gasteiger partial charge in [-0.15, -0.1) is 0 Å². The number of hydrogen-bond acceptors (Lipinski definition) is 3. The molecular formula is C12H10ClN3O2. The summed E-state index contributed by atoms with van der Waals surface area (Å²) in [5.74, 6) is -0.522. The van der Waals surface area contributed by atoms with Crippen molar-refractivity contribution in [2.24, 2.45) is 0 Å². The lowest BCUT2D eigenvalue weighted by Crippen LogP contribution is -2.21. The van der Waals surface area contributed by atoms with E-state index >= 15 is 0 Å². The highest BCUT2D eigenvalue weighted by molar-refractivity contribution is 6.32. The largest absolute Gasteiger partial charge is 0.367 e. The Labute approximate surface area is 108 Å². The molecule has 0 aliphatic rings. The highest BCUT2D eigenvalue weighted by Gasteiger charge is 2.12. The maximum Gasteiger partial charge on any atom is 0.261 e. The lowest BCUT2D eigenvalue weighted by Gasteiger charge is -2.06. The molecule has 92 valence electrons. The number of hydrogen-bond donors (Lipinski definition) is 2. The molecule has 0 aliphatic heterocycles. The minimum Gasteiger partial charge on any atom is -0.367 e. The molecule has 2 heterocycles. The van der Waals surface area contributed by atoms with Crippen molar-refractivity contribution in [3.63, 3.8) is 0 Å². The molecule has 0 aliphatic carbocycles. The summed E-state index contributed by atoms with van der Waals surface area (Å²) < 4.78 is 0. The second kappa shape index (κ2) is 5.01. The van der Waals surface area contributed by atoms with Crippen molar-refractivity contribution in [3.05, 3.63) is 57.2 Å². The van der Waals surface area contributed by atoms with E-state index in [0.29, 0.717) is 5.69 Å². The number of aromatic amines is 1. The quantitative estimate of drug-likeness (QED) is 0.814. The summed E-state index contributed by atoms with van der Waals surface area (Å²) >= 11 is 5.86. The van der Waals surface area contributed by atoms with Gasteiger partial charge in [-0.3, -0.25) is 9.59 Å². The van der Waals surface area contributed by atoms with Gasteiger partial charge in [0.05, 0.1) is 5.69 Å². The van der Waals surface area contributed by atoms with Crippen LogP contribution in [-0.4, -0.2) is 15.9 Å². The van der Waals surface area contributed by atoms with Gasteiger partial charge in [-0.1, -0.05) is 11.6 Å². The number of H-pyrrole nitrogens is 1. The van der Waals surface area contributed by atoms with Gasteiger partial charge in [-0.2, -0.15) is 0 Å². The fraction of sp³-hybridized carbons (Fsp3) is 0.0833. The van der Waals surface area contributed by atoms with Crippen LogP contribution in [0.25, 0.3) is 0 Å². The molecule has 0 radical (unpaired) electrons. The molecule has 0 atom stereocenters. The molecule has 18 heavy (non-hydrogen) atoms. The molecule has 0 saturated heterocycles. The number of amides is 1. The number of carbonyl (C=O) groups is 1. The van der Waals surface area contributed by atoms with Gasteiger partial charge in [0.1, 0.15) is 5.56 Å². The van der Waals surface area contributed by atoms with E-state index in [1.165, 1.54) is 18.5 Å². The van der Waals surface area contributed by atoms with Crippen LogP contribution in [-0.2, 0) is 0 Å². The van der Waals surface area contributed by atoms with Gasteiger partial charge >= 0.3 is 0 Å². The molecule has 2 rings (SSSR count). The third-order valence-corrected chi connectivity index (χ3v) is 2.59. The minimum absolute atomic E-state index is 0.0232. The average Bonchev–Trinajstić information content (AvgIpc) is 2.34. The summed E-state index contributed by atoms with van der Waals surface area (Å²) in [6, 6.07) is 2.97. The maximum atomic E-state index is 11.9. The molecule has 6 heteroatoms. The van der Waals surface area contributed by atoms with E-state index in [0.717, 1.165) is 5.56 Å². The smallest absolute Gasteiger partial charge is 0.261 e. The van der Waals surface area contributed by atoms with E-state index in [4.69, 9.17) is 11.6 Å². The van der Waals surface area contributed by atoms with Crippen LogP contribution in [0.5, 0.6) is 0 Å². The lowest BCUT2D eigenvalue weighted by atomic mass is 10.2. The zero-order valence-electron chi connectivity index (χ0n) is 9.53. The van der Waals surface area contributed by atoms with E-state index in [9.17, 15) is 9.59 Å². The predicted molar refractivity (Wildman–Crippen MR) is 69.0 cm³/mol. The van der Waals surface area contributed by atoms with Crippen LogP contribution >= 0.6 is 11.6 Å². The number of aryl methyl sites for hydroxylation is 1. The Bertz CT molecular complexity index is 652. The van der Waals surface area contributed by atoms with E-state index in [2.05, 4.69) is 15.3 Å². The highest BCUT2D eigenvalue weighted by atomic mass is 35.5. The number of aromatic nitrogens is 2. The number of nitrogens with one attached hydrogen (secondary N) is 2. The average molecular weight is 264 g/mol. The van der Waals surface area contributed by atoms with Gasteiger partial charge in [0.25, 0.3) is 5.91 Å². The zero-order chi connectivity index (χ0) is 13.1. The van der Waals surface area contributed by atoms with Crippen LogP contribution < -0.4 is 10.7 Å². The van der Waals surface area contributed by atoms with Crippen LogP contribution in [0, 0.1) is 6.92 Å². The number of carbonyl (C=O) groups excluding carboxylic acids is 1. The van der Waals surface area contributed by atoms with Gasteiger partial charge in [-0.05, 0) is 18.6 Å². The Balaban J connectivity index is 2.30. The van der Waals surface area contributed by atoms with Crippen LogP contribution in [0.1, 0.15) is 15.9 Å². The summed E-state index contributed by atoms with van der Waals surface area (Å²) in [6.45, 7) is 1.83. The molecule has 0 fully saturated rings. The summed E-state index contributed by atoms with van der Waals surface area (Å²) in [5, 5.41) is 2.74. The van der Waals surface area contributed by atoms with E-state index < -0.39 is 5.91 Å². The molecule has 0 spiro atoms. The first kappa shape index (κ1) is 12.3. The molecule has 0 bridgehead atoms. The van der Waals surface area contributed by atoms with E-state index in [1.54, 1.807) is 12.3 Å². The first-order chi connectivity index (χ1) is 8.58. The van der Waals surface area contributed by atoms with Crippen molar-refractivity contribution in [1.29, 1.82) is 0 Å². The SMILES string of the molecule is Cc1cnc(Cl)c(NC(=O)c2c[nH]ccc2=O)c1. The monoisotopic (exact) mass is 263 g/mol. The van der Waals surface area contributed by atoms with Gasteiger partial charge in [0.2, 0.25) is 0 Å². The Hall–Kier alpha value is -2.14. The standard InChI is InChI=1S/C12H10ClN3O2/c1-7-4-9(11(13)15-5-7)16-12(18)8-6-14-3-2-10(8)17/h2-6H,1H3,(H,14,17)(H,16,18). The van der Waals surface area contributed by atoms with Crippen LogP contribution in [0.3, 0.4) is 0 Å². The third kappa shape index (κ3) is 2.57. The molecule has 1 amide bonds. The molecular weight excluding hydrogens is 254 g/mol. The molecule has 0 unspecified atom stereocenters. The molecule has 0 aromatic carbocycles. The Morgan fingerprint density at radius 2 is 2.28 bits per heavy atom. The van der Waals surface area contributed by atoms with Crippen molar-refractivity contribution in [2.75, 3.05) is 5.32 Å². The van der Waals surface area contributed by atoms with Crippen molar-refractivity contribution in [2.45, 2.75) is 6.92 Å². The third-order valence-electron chi connectivity index (χ3n) is 2.29. The summed E-state index contributed by atoms with van der Waals surface area (Å²) in [5.41, 5.74) is 0.902. The summed E-state index contributed by atoms with van der Waals surface area (Å²) in [6.07, 6.45) is 4.39. The van der Waals surface area contributed by atoms with Crippen molar-refractivity contribution in [3.8, 4) is 0 Å². The van der Waals surface area contributed by atoms with Gasteiger partial charge in [0.15, 0.2) is 10.6 Å². The second-order valence-electron chi connectivity index (χ2n) is 3.73. The Morgan fingerprint density at radius 1 is 1.50 bits per heavy atom. The predicted octanol–water partition coefficient (Wildman–Crippen LogP) is 1.98. The molecule has 5 nitrogen and oxygen atoms in total. The fourth-order valence-corrected chi connectivity index (χ4v) is 1.57. The number of anilines is 1.